The van der Waals surface area contributed by atoms with Crippen molar-refractivity contribution >= 4 is 11.1 Å². The fraction of sp³-hybridized carbons (Fsp3) is 0.417. The van der Waals surface area contributed by atoms with Crippen LogP contribution in [0.15, 0.2) is 29.0 Å². The minimum absolute atomic E-state index is 0.613. The Morgan fingerprint density at radius 1 is 1.50 bits per heavy atom. The lowest BCUT2D eigenvalue weighted by Gasteiger charge is -2.10. The van der Waals surface area contributed by atoms with Gasteiger partial charge in [0.25, 0.3) is 0 Å². The second-order valence-electron chi connectivity index (χ2n) is 4.13. The van der Waals surface area contributed by atoms with Crippen molar-refractivity contribution in [3.63, 3.8) is 0 Å². The molecule has 4 nitrogen and oxygen atoms in total. The standard InChI is InChI=1S/C12H14N2O2/c1-2-10(12-11(3-1)16-8-14-12)15-7-9-4-5-13-6-9/h1-3,8-9,13H,4-7H2. The minimum atomic E-state index is 0.613. The zero-order chi connectivity index (χ0) is 10.8. The van der Waals surface area contributed by atoms with E-state index < -0.39 is 0 Å². The number of oxazole rings is 1. The fourth-order valence-electron chi connectivity index (χ4n) is 2.04. The van der Waals surface area contributed by atoms with Crippen LogP contribution in [0.5, 0.6) is 5.75 Å². The largest absolute Gasteiger partial charge is 0.491 e. The second kappa shape index (κ2) is 4.14. The Bertz CT molecular complexity index is 475. The maximum absolute atomic E-state index is 5.80. The third-order valence-corrected chi connectivity index (χ3v) is 2.96. The number of rotatable bonds is 3. The Labute approximate surface area is 93.6 Å². The SMILES string of the molecule is c1cc(OCC2CCNC2)c2ncoc2c1. The predicted molar refractivity (Wildman–Crippen MR) is 60.5 cm³/mol. The highest BCUT2D eigenvalue weighted by molar-refractivity contribution is 5.79. The summed E-state index contributed by atoms with van der Waals surface area (Å²) >= 11 is 0. The number of aromatic nitrogens is 1. The number of benzene rings is 1. The molecule has 1 saturated heterocycles. The number of para-hydroxylation sites is 1. The molecule has 1 aromatic heterocycles. The van der Waals surface area contributed by atoms with Gasteiger partial charge < -0.3 is 14.5 Å². The number of hydrogen-bond donors (Lipinski definition) is 1. The molecule has 1 aromatic carbocycles. The van der Waals surface area contributed by atoms with Crippen LogP contribution in [0.4, 0.5) is 0 Å². The molecule has 2 heterocycles. The Morgan fingerprint density at radius 2 is 2.50 bits per heavy atom. The summed E-state index contributed by atoms with van der Waals surface area (Å²) < 4.78 is 11.0. The molecule has 4 heteroatoms. The van der Waals surface area contributed by atoms with Crippen LogP contribution in [0, 0.1) is 5.92 Å². The quantitative estimate of drug-likeness (QED) is 0.853. The fourth-order valence-corrected chi connectivity index (χ4v) is 2.04. The van der Waals surface area contributed by atoms with Crippen molar-refractivity contribution < 1.29 is 9.15 Å². The van der Waals surface area contributed by atoms with Gasteiger partial charge in [-0.05, 0) is 25.1 Å². The molecule has 2 aromatic rings. The molecular formula is C12H14N2O2. The molecule has 1 N–H and O–H groups in total. The van der Waals surface area contributed by atoms with E-state index in [4.69, 9.17) is 9.15 Å². The highest BCUT2D eigenvalue weighted by Gasteiger charge is 2.15. The summed E-state index contributed by atoms with van der Waals surface area (Å²) in [6.07, 6.45) is 2.64. The predicted octanol–water partition coefficient (Wildman–Crippen LogP) is 1.82. The van der Waals surface area contributed by atoms with Crippen LogP contribution >= 0.6 is 0 Å². The molecule has 0 saturated carbocycles. The Morgan fingerprint density at radius 3 is 3.38 bits per heavy atom. The van der Waals surface area contributed by atoms with Gasteiger partial charge in [-0.1, -0.05) is 6.07 Å². The van der Waals surface area contributed by atoms with Gasteiger partial charge in [-0.25, -0.2) is 4.98 Å². The molecule has 1 fully saturated rings. The van der Waals surface area contributed by atoms with Crippen LogP contribution < -0.4 is 10.1 Å². The van der Waals surface area contributed by atoms with Crippen molar-refractivity contribution in [1.29, 1.82) is 0 Å². The Hall–Kier alpha value is -1.55. The molecule has 0 spiro atoms. The number of nitrogens with zero attached hydrogens (tertiary/aromatic N) is 1. The maximum Gasteiger partial charge on any atom is 0.182 e. The number of nitrogens with one attached hydrogen (secondary N) is 1. The zero-order valence-corrected chi connectivity index (χ0v) is 8.98. The van der Waals surface area contributed by atoms with E-state index in [9.17, 15) is 0 Å². The third kappa shape index (κ3) is 1.76. The van der Waals surface area contributed by atoms with Gasteiger partial charge in [-0.15, -0.1) is 0 Å². The van der Waals surface area contributed by atoms with Gasteiger partial charge in [0.15, 0.2) is 17.5 Å². The molecule has 0 amide bonds. The molecule has 0 bridgehead atoms. The van der Waals surface area contributed by atoms with Gasteiger partial charge in [-0.2, -0.15) is 0 Å². The van der Waals surface area contributed by atoms with Gasteiger partial charge in [0.2, 0.25) is 0 Å². The van der Waals surface area contributed by atoms with Crippen LogP contribution in [-0.4, -0.2) is 24.7 Å². The van der Waals surface area contributed by atoms with Gasteiger partial charge >= 0.3 is 0 Å². The van der Waals surface area contributed by atoms with Crippen molar-refractivity contribution in [3.8, 4) is 5.75 Å². The lowest BCUT2D eigenvalue weighted by Crippen LogP contribution is -2.15. The highest BCUT2D eigenvalue weighted by atomic mass is 16.5. The monoisotopic (exact) mass is 218 g/mol. The van der Waals surface area contributed by atoms with E-state index in [1.165, 1.54) is 12.8 Å². The van der Waals surface area contributed by atoms with E-state index in [1.807, 2.05) is 18.2 Å². The Balaban J connectivity index is 1.75. The van der Waals surface area contributed by atoms with Gasteiger partial charge in [-0.3, -0.25) is 0 Å². The van der Waals surface area contributed by atoms with Crippen LogP contribution in [0.25, 0.3) is 11.1 Å². The normalized spacial score (nSPS) is 20.4. The summed E-state index contributed by atoms with van der Waals surface area (Å²) in [4.78, 5) is 4.16. The summed E-state index contributed by atoms with van der Waals surface area (Å²) in [7, 11) is 0. The number of hydrogen-bond acceptors (Lipinski definition) is 4. The van der Waals surface area contributed by atoms with Crippen LogP contribution in [0.2, 0.25) is 0 Å². The molecule has 84 valence electrons. The van der Waals surface area contributed by atoms with Gasteiger partial charge in [0.1, 0.15) is 5.75 Å². The first-order valence-corrected chi connectivity index (χ1v) is 5.59. The van der Waals surface area contributed by atoms with Crippen LogP contribution in [-0.2, 0) is 0 Å². The summed E-state index contributed by atoms with van der Waals surface area (Å²) in [6.45, 7) is 2.90. The summed E-state index contributed by atoms with van der Waals surface area (Å²) in [5.74, 6) is 1.43. The van der Waals surface area contributed by atoms with Crippen molar-refractivity contribution in [2.24, 2.45) is 5.92 Å². The van der Waals surface area contributed by atoms with Crippen molar-refractivity contribution in [2.45, 2.75) is 6.42 Å². The number of fused-ring (bicyclic) bond motifs is 1. The Kier molecular flexibility index (Phi) is 2.50. The van der Waals surface area contributed by atoms with Crippen molar-refractivity contribution in [3.05, 3.63) is 24.6 Å². The molecule has 1 aliphatic rings. The lowest BCUT2D eigenvalue weighted by atomic mass is 10.1. The lowest BCUT2D eigenvalue weighted by molar-refractivity contribution is 0.262. The smallest absolute Gasteiger partial charge is 0.182 e. The topological polar surface area (TPSA) is 47.3 Å². The molecule has 1 unspecified atom stereocenters. The molecule has 16 heavy (non-hydrogen) atoms. The second-order valence-corrected chi connectivity index (χ2v) is 4.13. The van der Waals surface area contributed by atoms with Crippen LogP contribution in [0.1, 0.15) is 6.42 Å². The molecule has 3 rings (SSSR count). The van der Waals surface area contributed by atoms with Crippen LogP contribution in [0.3, 0.4) is 0 Å². The zero-order valence-electron chi connectivity index (χ0n) is 8.98. The van der Waals surface area contributed by atoms with E-state index in [0.29, 0.717) is 5.92 Å². The van der Waals surface area contributed by atoms with E-state index >= 15 is 0 Å². The molecular weight excluding hydrogens is 204 g/mol. The van der Waals surface area contributed by atoms with Gasteiger partial charge in [0.05, 0.1) is 6.61 Å². The van der Waals surface area contributed by atoms with E-state index in [-0.39, 0.29) is 0 Å². The third-order valence-electron chi connectivity index (χ3n) is 2.96. The maximum atomic E-state index is 5.80. The van der Waals surface area contributed by atoms with E-state index in [0.717, 1.165) is 36.5 Å². The van der Waals surface area contributed by atoms with E-state index in [1.54, 1.807) is 0 Å². The summed E-state index contributed by atoms with van der Waals surface area (Å²) in [5, 5.41) is 3.33. The summed E-state index contributed by atoms with van der Waals surface area (Å²) in [5.41, 5.74) is 1.59. The first-order chi connectivity index (χ1) is 7.93. The molecule has 1 aliphatic heterocycles. The first-order valence-electron chi connectivity index (χ1n) is 5.59. The minimum Gasteiger partial charge on any atom is -0.491 e. The molecule has 1 atom stereocenters. The molecule has 0 aliphatic carbocycles. The average molecular weight is 218 g/mol. The van der Waals surface area contributed by atoms with Crippen molar-refractivity contribution in [1.82, 2.24) is 10.3 Å². The van der Waals surface area contributed by atoms with E-state index in [2.05, 4.69) is 10.3 Å². The number of ether oxygens (including phenoxy) is 1. The van der Waals surface area contributed by atoms with Gasteiger partial charge in [0, 0.05) is 12.5 Å². The highest BCUT2D eigenvalue weighted by Crippen LogP contribution is 2.24. The summed E-state index contributed by atoms with van der Waals surface area (Å²) in [6, 6.07) is 5.76. The molecule has 0 radical (unpaired) electrons. The average Bonchev–Trinajstić information content (AvgIpc) is 2.97. The first kappa shape index (κ1) is 9.66. The van der Waals surface area contributed by atoms with Crippen molar-refractivity contribution in [2.75, 3.05) is 19.7 Å².